The minimum atomic E-state index is -5.08. The fraction of sp³-hybridized carbons (Fsp3) is 0.727. The van der Waals surface area contributed by atoms with Crippen molar-refractivity contribution < 1.29 is 33.3 Å². The lowest BCUT2D eigenvalue weighted by Crippen LogP contribution is -2.42. The Hall–Kier alpha value is -1.68. The van der Waals surface area contributed by atoms with E-state index in [-0.39, 0.29) is 0 Å². The molecule has 21 heavy (non-hydrogen) atoms. The summed E-state index contributed by atoms with van der Waals surface area (Å²) in [5, 5.41) is 35.0. The van der Waals surface area contributed by atoms with Crippen LogP contribution in [-0.2, 0) is 16.9 Å². The van der Waals surface area contributed by atoms with Gasteiger partial charge in [0, 0.05) is 6.42 Å². The molecule has 3 N–H and O–H groups in total. The maximum Gasteiger partial charge on any atom is 0.490 e. The normalized spacial score (nSPS) is 25.3. The number of nitrogens with zero attached hydrogens (tertiary/aromatic N) is 3. The molecule has 0 amide bonds. The summed E-state index contributed by atoms with van der Waals surface area (Å²) in [6.07, 6.45) is -1.49. The molecule has 1 aliphatic rings. The zero-order valence-corrected chi connectivity index (χ0v) is 11.2. The van der Waals surface area contributed by atoms with Crippen LogP contribution < -0.4 is 0 Å². The van der Waals surface area contributed by atoms with Gasteiger partial charge in [-0.05, 0) is 19.3 Å². The molecule has 0 aromatic carbocycles. The first-order chi connectivity index (χ1) is 9.61. The van der Waals surface area contributed by atoms with Crippen LogP contribution in [0.3, 0.4) is 0 Å². The molecular formula is C11H16F3N3O4. The Balaban J connectivity index is 0.000000270. The van der Waals surface area contributed by atoms with E-state index in [2.05, 4.69) is 10.2 Å². The van der Waals surface area contributed by atoms with Crippen molar-refractivity contribution in [1.29, 1.82) is 0 Å². The molecule has 0 aliphatic heterocycles. The molecular weight excluding hydrogens is 295 g/mol. The monoisotopic (exact) mass is 311 g/mol. The molecule has 1 heterocycles. The quantitative estimate of drug-likeness (QED) is 0.740. The molecule has 1 aromatic heterocycles. The van der Waals surface area contributed by atoms with E-state index in [1.54, 1.807) is 6.20 Å². The van der Waals surface area contributed by atoms with Crippen LogP contribution in [0.15, 0.2) is 6.20 Å². The number of aliphatic hydroxyl groups is 2. The minimum Gasteiger partial charge on any atom is -0.475 e. The number of carbonyl (C=O) groups is 1. The molecule has 1 aromatic rings. The lowest BCUT2D eigenvalue weighted by molar-refractivity contribution is -0.192. The van der Waals surface area contributed by atoms with Crippen LogP contribution >= 0.6 is 0 Å². The second kappa shape index (κ2) is 6.39. The van der Waals surface area contributed by atoms with E-state index in [1.165, 1.54) is 4.80 Å². The van der Waals surface area contributed by atoms with Crippen LogP contribution in [0.25, 0.3) is 0 Å². The third-order valence-electron chi connectivity index (χ3n) is 3.05. The fourth-order valence-electron chi connectivity index (χ4n) is 1.83. The van der Waals surface area contributed by atoms with Gasteiger partial charge < -0.3 is 15.3 Å². The van der Waals surface area contributed by atoms with Crippen LogP contribution in [0, 0.1) is 0 Å². The van der Waals surface area contributed by atoms with Gasteiger partial charge in [-0.25, -0.2) is 4.79 Å². The molecule has 1 aliphatic carbocycles. The first-order valence-corrected chi connectivity index (χ1v) is 6.23. The topological polar surface area (TPSA) is 108 Å². The van der Waals surface area contributed by atoms with Crippen molar-refractivity contribution in [1.82, 2.24) is 15.0 Å². The fourth-order valence-corrected chi connectivity index (χ4v) is 1.83. The van der Waals surface area contributed by atoms with Gasteiger partial charge in [-0.1, -0.05) is 6.92 Å². The summed E-state index contributed by atoms with van der Waals surface area (Å²) in [7, 11) is 0. The van der Waals surface area contributed by atoms with Gasteiger partial charge >= 0.3 is 12.1 Å². The number of hydrogen-bond acceptors (Lipinski definition) is 5. The molecule has 0 radical (unpaired) electrons. The minimum absolute atomic E-state index is 0.520. The Morgan fingerprint density at radius 2 is 2.14 bits per heavy atom. The molecule has 2 atom stereocenters. The first-order valence-electron chi connectivity index (χ1n) is 6.23. The summed E-state index contributed by atoms with van der Waals surface area (Å²) < 4.78 is 31.7. The number of aromatic nitrogens is 3. The van der Waals surface area contributed by atoms with Gasteiger partial charge in [0.15, 0.2) is 0 Å². The summed E-state index contributed by atoms with van der Waals surface area (Å²) in [5.74, 6) is -2.76. The highest BCUT2D eigenvalue weighted by Gasteiger charge is 2.43. The van der Waals surface area contributed by atoms with Crippen molar-refractivity contribution in [3.8, 4) is 0 Å². The largest absolute Gasteiger partial charge is 0.490 e. The van der Waals surface area contributed by atoms with E-state index in [4.69, 9.17) is 9.90 Å². The maximum absolute atomic E-state index is 10.6. The Bertz CT molecular complexity index is 491. The predicted molar refractivity (Wildman–Crippen MR) is 63.1 cm³/mol. The van der Waals surface area contributed by atoms with Crippen molar-refractivity contribution in [2.45, 2.75) is 50.6 Å². The standard InChI is InChI=1S/C9H15N3O2.C2HF3O2/c1-2-7-6-10-12(11-7)9(14)5-3-4-8(9)13;3-2(4,5)1(6)7/h6,8,13-14H,2-5H2,1H3;(H,6,7). The summed E-state index contributed by atoms with van der Waals surface area (Å²) >= 11 is 0. The van der Waals surface area contributed by atoms with Gasteiger partial charge in [0.05, 0.1) is 11.9 Å². The highest BCUT2D eigenvalue weighted by atomic mass is 19.4. The van der Waals surface area contributed by atoms with Gasteiger partial charge in [0.2, 0.25) is 5.72 Å². The number of aliphatic carboxylic acids is 1. The smallest absolute Gasteiger partial charge is 0.475 e. The third-order valence-corrected chi connectivity index (χ3v) is 3.05. The number of hydrogen-bond donors (Lipinski definition) is 3. The van der Waals surface area contributed by atoms with E-state index in [1.807, 2.05) is 6.92 Å². The van der Waals surface area contributed by atoms with Crippen molar-refractivity contribution in [3.05, 3.63) is 11.9 Å². The molecule has 0 bridgehead atoms. The lowest BCUT2D eigenvalue weighted by atomic mass is 10.1. The highest BCUT2D eigenvalue weighted by Crippen LogP contribution is 2.33. The van der Waals surface area contributed by atoms with E-state index >= 15 is 0 Å². The van der Waals surface area contributed by atoms with E-state index in [9.17, 15) is 23.4 Å². The summed E-state index contributed by atoms with van der Waals surface area (Å²) in [6.45, 7) is 1.98. The molecule has 1 fully saturated rings. The van der Waals surface area contributed by atoms with Crippen molar-refractivity contribution >= 4 is 5.97 Å². The van der Waals surface area contributed by atoms with E-state index < -0.39 is 24.0 Å². The number of rotatable bonds is 2. The average Bonchev–Trinajstić information content (AvgIpc) is 2.98. The number of halogens is 3. The average molecular weight is 311 g/mol. The van der Waals surface area contributed by atoms with Crippen molar-refractivity contribution in [3.63, 3.8) is 0 Å². The van der Waals surface area contributed by atoms with Crippen LogP contribution in [-0.4, -0.2) is 48.6 Å². The molecule has 10 heteroatoms. The van der Waals surface area contributed by atoms with Crippen LogP contribution in [0.2, 0.25) is 0 Å². The molecule has 2 rings (SSSR count). The van der Waals surface area contributed by atoms with E-state index in [0.29, 0.717) is 12.8 Å². The molecule has 7 nitrogen and oxygen atoms in total. The van der Waals surface area contributed by atoms with Crippen LogP contribution in [0.4, 0.5) is 13.2 Å². The van der Waals surface area contributed by atoms with Crippen LogP contribution in [0.1, 0.15) is 31.9 Å². The number of carboxylic acids is 1. The molecule has 1 saturated carbocycles. The number of alkyl halides is 3. The predicted octanol–water partition coefficient (Wildman–Crippen LogP) is 0.664. The number of carboxylic acid groups (broad SMARTS) is 1. The van der Waals surface area contributed by atoms with Gasteiger partial charge in [-0.3, -0.25) is 0 Å². The molecule has 0 spiro atoms. The van der Waals surface area contributed by atoms with Crippen molar-refractivity contribution in [2.75, 3.05) is 0 Å². The summed E-state index contributed by atoms with van der Waals surface area (Å²) in [6, 6.07) is 0. The lowest BCUT2D eigenvalue weighted by Gasteiger charge is -2.24. The Kier molecular flexibility index (Phi) is 5.29. The zero-order chi connectivity index (χ0) is 16.3. The molecule has 120 valence electrons. The van der Waals surface area contributed by atoms with Gasteiger partial charge in [-0.15, -0.1) is 4.80 Å². The van der Waals surface area contributed by atoms with E-state index in [0.717, 1.165) is 18.5 Å². The van der Waals surface area contributed by atoms with Gasteiger partial charge in [0.1, 0.15) is 6.10 Å². The molecule has 0 saturated heterocycles. The first kappa shape index (κ1) is 17.4. The summed E-state index contributed by atoms with van der Waals surface area (Å²) in [4.78, 5) is 10.1. The SMILES string of the molecule is CCc1cnn(C2(O)CCCC2O)n1.O=C(O)C(F)(F)F. The Morgan fingerprint density at radius 3 is 2.48 bits per heavy atom. The number of aryl methyl sites for hydroxylation is 1. The number of aliphatic hydroxyl groups excluding tert-OH is 1. The van der Waals surface area contributed by atoms with Gasteiger partial charge in [-0.2, -0.15) is 23.4 Å². The highest BCUT2D eigenvalue weighted by molar-refractivity contribution is 5.73. The third kappa shape index (κ3) is 4.14. The Morgan fingerprint density at radius 1 is 1.57 bits per heavy atom. The second-order valence-electron chi connectivity index (χ2n) is 4.57. The summed E-state index contributed by atoms with van der Waals surface area (Å²) in [5.41, 5.74) is -0.453. The second-order valence-corrected chi connectivity index (χ2v) is 4.57. The Labute approximate surface area is 118 Å². The zero-order valence-electron chi connectivity index (χ0n) is 11.2. The molecule has 2 unspecified atom stereocenters. The van der Waals surface area contributed by atoms with Crippen molar-refractivity contribution in [2.24, 2.45) is 0 Å². The van der Waals surface area contributed by atoms with Gasteiger partial charge in [0.25, 0.3) is 0 Å². The maximum atomic E-state index is 10.6. The van der Waals surface area contributed by atoms with Crippen LogP contribution in [0.5, 0.6) is 0 Å².